The number of hydrogen-bond acceptors (Lipinski definition) is 2. The van der Waals surface area contributed by atoms with Crippen LogP contribution in [-0.4, -0.2) is 13.1 Å². The fraction of sp³-hybridized carbons (Fsp3) is 0.333. The van der Waals surface area contributed by atoms with Gasteiger partial charge in [-0.3, -0.25) is 0 Å². The third kappa shape index (κ3) is 3.38. The monoisotopic (exact) mass is 186 g/mol. The van der Waals surface area contributed by atoms with Gasteiger partial charge in [0, 0.05) is 18.3 Å². The van der Waals surface area contributed by atoms with Crippen LogP contribution in [0, 0.1) is 11.6 Å². The van der Waals surface area contributed by atoms with Crippen LogP contribution in [0.5, 0.6) is 0 Å². The summed E-state index contributed by atoms with van der Waals surface area (Å²) in [6, 6.07) is 3.34. The van der Waals surface area contributed by atoms with E-state index in [1.54, 1.807) is 0 Å². The number of rotatable bonds is 4. The molecular formula is C9H12F2N2. The van der Waals surface area contributed by atoms with Crippen molar-refractivity contribution in [3.05, 3.63) is 29.8 Å². The average Bonchev–Trinajstić information content (AvgIpc) is 2.03. The van der Waals surface area contributed by atoms with E-state index in [1.165, 1.54) is 12.1 Å². The molecule has 0 unspecified atom stereocenters. The number of hydrogen-bond donors (Lipinski definition) is 2. The normalized spacial score (nSPS) is 10.1. The first-order valence-electron chi connectivity index (χ1n) is 4.12. The zero-order valence-electron chi connectivity index (χ0n) is 7.19. The maximum atomic E-state index is 12.6. The van der Waals surface area contributed by atoms with Crippen molar-refractivity contribution in [2.45, 2.75) is 6.42 Å². The summed E-state index contributed by atoms with van der Waals surface area (Å²) in [6.45, 7) is 1.18. The van der Waals surface area contributed by atoms with Gasteiger partial charge in [0.2, 0.25) is 0 Å². The summed E-state index contributed by atoms with van der Waals surface area (Å²) in [5.74, 6) is -1.15. The summed E-state index contributed by atoms with van der Waals surface area (Å²) in [5, 5.41) is 2.87. The lowest BCUT2D eigenvalue weighted by Crippen LogP contribution is -2.08. The van der Waals surface area contributed by atoms with E-state index in [0.29, 0.717) is 18.8 Å². The van der Waals surface area contributed by atoms with Crippen molar-refractivity contribution in [3.8, 4) is 0 Å². The highest BCUT2D eigenvalue weighted by Gasteiger charge is 1.98. The van der Waals surface area contributed by atoms with Gasteiger partial charge < -0.3 is 11.1 Å². The van der Waals surface area contributed by atoms with Gasteiger partial charge >= 0.3 is 0 Å². The molecule has 4 heteroatoms. The molecular weight excluding hydrogens is 174 g/mol. The minimum atomic E-state index is -0.574. The van der Waals surface area contributed by atoms with Gasteiger partial charge in [-0.1, -0.05) is 0 Å². The summed E-state index contributed by atoms with van der Waals surface area (Å²) >= 11 is 0. The lowest BCUT2D eigenvalue weighted by Gasteiger charge is -2.05. The molecule has 0 aliphatic carbocycles. The second-order valence-corrected chi connectivity index (χ2v) is 2.73. The van der Waals surface area contributed by atoms with Crippen molar-refractivity contribution in [2.24, 2.45) is 5.73 Å². The van der Waals surface area contributed by atoms with Crippen molar-refractivity contribution < 1.29 is 8.78 Å². The standard InChI is InChI=1S/C9H12F2N2/c10-7-4-8(11)6-9(5-7)13-3-1-2-12/h4-6,13H,1-3,12H2. The van der Waals surface area contributed by atoms with Crippen LogP contribution in [-0.2, 0) is 0 Å². The Labute approximate surface area is 75.7 Å². The van der Waals surface area contributed by atoms with Crippen LogP contribution >= 0.6 is 0 Å². The zero-order chi connectivity index (χ0) is 9.68. The van der Waals surface area contributed by atoms with Crippen LogP contribution in [0.25, 0.3) is 0 Å². The topological polar surface area (TPSA) is 38.0 Å². The van der Waals surface area contributed by atoms with Gasteiger partial charge in [-0.05, 0) is 25.1 Å². The molecule has 0 radical (unpaired) electrons. The molecule has 0 aliphatic heterocycles. The van der Waals surface area contributed by atoms with Gasteiger partial charge in [-0.25, -0.2) is 8.78 Å². The Morgan fingerprint density at radius 2 is 1.77 bits per heavy atom. The quantitative estimate of drug-likeness (QED) is 0.703. The van der Waals surface area contributed by atoms with Crippen LogP contribution in [0.1, 0.15) is 6.42 Å². The van der Waals surface area contributed by atoms with Gasteiger partial charge in [-0.2, -0.15) is 0 Å². The van der Waals surface area contributed by atoms with E-state index in [-0.39, 0.29) is 0 Å². The molecule has 0 fully saturated rings. The van der Waals surface area contributed by atoms with E-state index in [0.717, 1.165) is 12.5 Å². The molecule has 0 bridgehead atoms. The summed E-state index contributed by atoms with van der Waals surface area (Å²) < 4.78 is 25.3. The predicted octanol–water partition coefficient (Wildman–Crippen LogP) is 1.73. The Kier molecular flexibility index (Phi) is 3.64. The first-order valence-corrected chi connectivity index (χ1v) is 4.12. The molecule has 1 aromatic rings. The van der Waals surface area contributed by atoms with Gasteiger partial charge in [-0.15, -0.1) is 0 Å². The van der Waals surface area contributed by atoms with Gasteiger partial charge in [0.15, 0.2) is 0 Å². The van der Waals surface area contributed by atoms with Crippen LogP contribution in [0.2, 0.25) is 0 Å². The van der Waals surface area contributed by atoms with Crippen LogP contribution in [0.3, 0.4) is 0 Å². The fourth-order valence-electron chi connectivity index (χ4n) is 0.991. The lowest BCUT2D eigenvalue weighted by atomic mass is 10.3. The number of anilines is 1. The van der Waals surface area contributed by atoms with E-state index in [2.05, 4.69) is 5.32 Å². The Morgan fingerprint density at radius 1 is 1.15 bits per heavy atom. The van der Waals surface area contributed by atoms with Crippen molar-refractivity contribution in [3.63, 3.8) is 0 Å². The Bertz CT molecular complexity index is 256. The molecule has 1 rings (SSSR count). The van der Waals surface area contributed by atoms with E-state index in [1.807, 2.05) is 0 Å². The second-order valence-electron chi connectivity index (χ2n) is 2.73. The molecule has 0 spiro atoms. The molecule has 0 saturated heterocycles. The number of nitrogens with one attached hydrogen (secondary N) is 1. The summed E-state index contributed by atoms with van der Waals surface area (Å²) in [6.07, 6.45) is 0.776. The van der Waals surface area contributed by atoms with Crippen LogP contribution < -0.4 is 11.1 Å². The lowest BCUT2D eigenvalue weighted by molar-refractivity contribution is 0.584. The minimum Gasteiger partial charge on any atom is -0.385 e. The second kappa shape index (κ2) is 4.77. The van der Waals surface area contributed by atoms with E-state index in [9.17, 15) is 8.78 Å². The van der Waals surface area contributed by atoms with E-state index in [4.69, 9.17) is 5.73 Å². The largest absolute Gasteiger partial charge is 0.385 e. The first kappa shape index (κ1) is 9.92. The van der Waals surface area contributed by atoms with Gasteiger partial charge in [0.05, 0.1) is 0 Å². The highest BCUT2D eigenvalue weighted by atomic mass is 19.1. The maximum absolute atomic E-state index is 12.6. The highest BCUT2D eigenvalue weighted by Crippen LogP contribution is 2.12. The molecule has 3 N–H and O–H groups in total. The van der Waals surface area contributed by atoms with Crippen molar-refractivity contribution >= 4 is 5.69 Å². The molecule has 0 aromatic heterocycles. The minimum absolute atomic E-state index is 0.450. The van der Waals surface area contributed by atoms with Crippen LogP contribution in [0.15, 0.2) is 18.2 Å². The average molecular weight is 186 g/mol. The molecule has 2 nitrogen and oxygen atoms in total. The molecule has 0 saturated carbocycles. The smallest absolute Gasteiger partial charge is 0.128 e. The number of benzene rings is 1. The summed E-state index contributed by atoms with van der Waals surface area (Å²) in [4.78, 5) is 0. The molecule has 0 aliphatic rings. The first-order chi connectivity index (χ1) is 6.22. The molecule has 0 atom stereocenters. The third-order valence-electron chi connectivity index (χ3n) is 1.57. The Hall–Kier alpha value is -1.16. The SMILES string of the molecule is NCCCNc1cc(F)cc(F)c1. The van der Waals surface area contributed by atoms with Gasteiger partial charge in [0.1, 0.15) is 11.6 Å². The molecule has 0 amide bonds. The van der Waals surface area contributed by atoms with Crippen LogP contribution in [0.4, 0.5) is 14.5 Å². The highest BCUT2D eigenvalue weighted by molar-refractivity contribution is 5.43. The summed E-state index contributed by atoms with van der Waals surface area (Å²) in [5.41, 5.74) is 5.71. The molecule has 1 aromatic carbocycles. The van der Waals surface area contributed by atoms with Crippen molar-refractivity contribution in [1.82, 2.24) is 0 Å². The molecule has 0 heterocycles. The van der Waals surface area contributed by atoms with E-state index >= 15 is 0 Å². The fourth-order valence-corrected chi connectivity index (χ4v) is 0.991. The number of halogens is 2. The van der Waals surface area contributed by atoms with Crippen molar-refractivity contribution in [1.29, 1.82) is 0 Å². The molecule has 13 heavy (non-hydrogen) atoms. The third-order valence-corrected chi connectivity index (χ3v) is 1.57. The number of nitrogens with two attached hydrogens (primary N) is 1. The maximum Gasteiger partial charge on any atom is 0.128 e. The Morgan fingerprint density at radius 3 is 2.31 bits per heavy atom. The Balaban J connectivity index is 2.56. The van der Waals surface area contributed by atoms with Crippen molar-refractivity contribution in [2.75, 3.05) is 18.4 Å². The molecule has 72 valence electrons. The van der Waals surface area contributed by atoms with Gasteiger partial charge in [0.25, 0.3) is 0 Å². The predicted molar refractivity (Wildman–Crippen MR) is 48.5 cm³/mol. The van der Waals surface area contributed by atoms with E-state index < -0.39 is 11.6 Å². The zero-order valence-corrected chi connectivity index (χ0v) is 7.19. The summed E-state index contributed by atoms with van der Waals surface area (Å²) in [7, 11) is 0.